The molecule has 6 heteroatoms. The summed E-state index contributed by atoms with van der Waals surface area (Å²) in [4.78, 5) is 14.5. The first-order valence-corrected chi connectivity index (χ1v) is 9.45. The van der Waals surface area contributed by atoms with Gasteiger partial charge in [0, 0.05) is 24.5 Å². The van der Waals surface area contributed by atoms with Gasteiger partial charge in [-0.25, -0.2) is 13.2 Å². The second-order valence-corrected chi connectivity index (χ2v) is 8.46. The molecule has 1 aromatic carbocycles. The van der Waals surface area contributed by atoms with E-state index in [1.165, 1.54) is 18.6 Å². The van der Waals surface area contributed by atoms with Crippen LogP contribution in [0.15, 0.2) is 29.2 Å². The molecule has 1 aromatic rings. The molecule has 22 heavy (non-hydrogen) atoms. The third-order valence-electron chi connectivity index (χ3n) is 4.13. The summed E-state index contributed by atoms with van der Waals surface area (Å²) in [5.41, 5.74) is 0.604. The number of urea groups is 1. The lowest BCUT2D eigenvalue weighted by Gasteiger charge is -2.27. The molecule has 0 heterocycles. The average Bonchev–Trinajstić information content (AvgIpc) is 3.10. The van der Waals surface area contributed by atoms with E-state index in [1.54, 1.807) is 12.1 Å². The van der Waals surface area contributed by atoms with E-state index in [2.05, 4.69) is 12.2 Å². The molecular weight excluding hydrogens is 300 g/mol. The standard InChI is InChI=1S/C16H24N2O3S/c1-11(2)18(10-13-9-12(13)3)16(19)17-14-5-7-15(8-6-14)22(4,20)21/h5-8,11-13H,9-10H2,1-4H3,(H,17,19)/t12-,13+/m1/s1. The molecule has 2 rings (SSSR count). The molecule has 2 amide bonds. The van der Waals surface area contributed by atoms with Crippen molar-refractivity contribution in [2.75, 3.05) is 18.1 Å². The van der Waals surface area contributed by atoms with Crippen LogP contribution in [0.5, 0.6) is 0 Å². The first kappa shape index (κ1) is 16.8. The minimum Gasteiger partial charge on any atom is -0.322 e. The average molecular weight is 324 g/mol. The molecule has 5 nitrogen and oxygen atoms in total. The van der Waals surface area contributed by atoms with Crippen LogP contribution in [-0.4, -0.2) is 38.2 Å². The monoisotopic (exact) mass is 324 g/mol. The van der Waals surface area contributed by atoms with Crippen molar-refractivity contribution < 1.29 is 13.2 Å². The Balaban J connectivity index is 2.03. The van der Waals surface area contributed by atoms with Gasteiger partial charge in [0.05, 0.1) is 4.90 Å². The van der Waals surface area contributed by atoms with Gasteiger partial charge in [-0.3, -0.25) is 0 Å². The van der Waals surface area contributed by atoms with E-state index in [0.717, 1.165) is 12.8 Å². The van der Waals surface area contributed by atoms with Crippen LogP contribution in [-0.2, 0) is 9.84 Å². The first-order valence-electron chi connectivity index (χ1n) is 7.56. The number of carbonyl (C=O) groups excluding carboxylic acids is 1. The SMILES string of the molecule is CC(C)N(C[C@@H]1C[C@H]1C)C(=O)Nc1ccc(S(C)(=O)=O)cc1. The Bertz CT molecular complexity index is 638. The van der Waals surface area contributed by atoms with E-state index in [9.17, 15) is 13.2 Å². The number of anilines is 1. The number of nitrogens with zero attached hydrogens (tertiary/aromatic N) is 1. The highest BCUT2D eigenvalue weighted by molar-refractivity contribution is 7.90. The van der Waals surface area contributed by atoms with Gasteiger partial charge >= 0.3 is 6.03 Å². The zero-order valence-corrected chi connectivity index (χ0v) is 14.4. The van der Waals surface area contributed by atoms with E-state index in [0.29, 0.717) is 17.5 Å². The van der Waals surface area contributed by atoms with Crippen LogP contribution in [0.2, 0.25) is 0 Å². The highest BCUT2D eigenvalue weighted by Crippen LogP contribution is 2.38. The Morgan fingerprint density at radius 2 is 1.86 bits per heavy atom. The third-order valence-corrected chi connectivity index (χ3v) is 5.25. The van der Waals surface area contributed by atoms with E-state index in [-0.39, 0.29) is 17.0 Å². The lowest BCUT2D eigenvalue weighted by molar-refractivity contribution is 0.193. The second kappa shape index (κ2) is 6.28. The zero-order chi connectivity index (χ0) is 16.5. The van der Waals surface area contributed by atoms with Crippen LogP contribution in [0.25, 0.3) is 0 Å². The molecule has 0 aliphatic heterocycles. The van der Waals surface area contributed by atoms with Gasteiger partial charge in [0.1, 0.15) is 0 Å². The second-order valence-electron chi connectivity index (χ2n) is 6.45. The lowest BCUT2D eigenvalue weighted by Crippen LogP contribution is -2.41. The molecule has 0 bridgehead atoms. The van der Waals surface area contributed by atoms with Gasteiger partial charge in [-0.15, -0.1) is 0 Å². The van der Waals surface area contributed by atoms with Crippen LogP contribution < -0.4 is 5.32 Å². The van der Waals surface area contributed by atoms with Crippen molar-refractivity contribution >= 4 is 21.6 Å². The van der Waals surface area contributed by atoms with Gasteiger partial charge in [0.2, 0.25) is 0 Å². The molecular formula is C16H24N2O3S. The first-order chi connectivity index (χ1) is 10.2. The Morgan fingerprint density at radius 3 is 2.27 bits per heavy atom. The van der Waals surface area contributed by atoms with Crippen LogP contribution >= 0.6 is 0 Å². The Morgan fingerprint density at radius 1 is 1.32 bits per heavy atom. The topological polar surface area (TPSA) is 66.5 Å². The van der Waals surface area contributed by atoms with Crippen LogP contribution in [0.4, 0.5) is 10.5 Å². The molecule has 0 unspecified atom stereocenters. The molecule has 0 aromatic heterocycles. The number of benzene rings is 1. The van der Waals surface area contributed by atoms with Gasteiger partial charge in [0.25, 0.3) is 0 Å². The molecule has 1 saturated carbocycles. The van der Waals surface area contributed by atoms with Gasteiger partial charge in [0.15, 0.2) is 9.84 Å². The van der Waals surface area contributed by atoms with E-state index >= 15 is 0 Å². The summed E-state index contributed by atoms with van der Waals surface area (Å²) >= 11 is 0. The van der Waals surface area contributed by atoms with Crippen molar-refractivity contribution in [3.8, 4) is 0 Å². The maximum atomic E-state index is 12.4. The highest BCUT2D eigenvalue weighted by Gasteiger charge is 2.35. The molecule has 0 spiro atoms. The van der Waals surface area contributed by atoms with Gasteiger partial charge < -0.3 is 10.2 Å². The minimum absolute atomic E-state index is 0.128. The smallest absolute Gasteiger partial charge is 0.322 e. The number of nitrogens with one attached hydrogen (secondary N) is 1. The van der Waals surface area contributed by atoms with Crippen molar-refractivity contribution in [1.82, 2.24) is 4.90 Å². The fourth-order valence-electron chi connectivity index (χ4n) is 2.42. The lowest BCUT2D eigenvalue weighted by atomic mass is 10.2. The number of hydrogen-bond acceptors (Lipinski definition) is 3. The summed E-state index contributed by atoms with van der Waals surface area (Å²) in [5.74, 6) is 1.30. The van der Waals surface area contributed by atoms with Crippen molar-refractivity contribution in [3.05, 3.63) is 24.3 Å². The summed E-state index contributed by atoms with van der Waals surface area (Å²) in [5, 5.41) is 2.84. The number of rotatable bonds is 5. The third kappa shape index (κ3) is 4.22. The molecule has 1 aliphatic rings. The van der Waals surface area contributed by atoms with Crippen molar-refractivity contribution in [3.63, 3.8) is 0 Å². The fourth-order valence-corrected chi connectivity index (χ4v) is 3.05. The van der Waals surface area contributed by atoms with Gasteiger partial charge in [-0.1, -0.05) is 6.92 Å². The number of amides is 2. The molecule has 0 saturated heterocycles. The van der Waals surface area contributed by atoms with Crippen molar-refractivity contribution in [1.29, 1.82) is 0 Å². The quantitative estimate of drug-likeness (QED) is 0.905. The summed E-state index contributed by atoms with van der Waals surface area (Å²) < 4.78 is 22.9. The fraction of sp³-hybridized carbons (Fsp3) is 0.562. The molecule has 1 fully saturated rings. The zero-order valence-electron chi connectivity index (χ0n) is 13.5. The van der Waals surface area contributed by atoms with Crippen molar-refractivity contribution in [2.24, 2.45) is 11.8 Å². The Kier molecular flexibility index (Phi) is 4.80. The Hall–Kier alpha value is -1.56. The number of hydrogen-bond donors (Lipinski definition) is 1. The highest BCUT2D eigenvalue weighted by atomic mass is 32.2. The summed E-state index contributed by atoms with van der Waals surface area (Å²) in [7, 11) is -3.21. The molecule has 122 valence electrons. The number of sulfone groups is 1. The van der Waals surface area contributed by atoms with Crippen molar-refractivity contribution in [2.45, 2.75) is 38.1 Å². The summed E-state index contributed by atoms with van der Waals surface area (Å²) in [6, 6.07) is 6.24. The maximum Gasteiger partial charge on any atom is 0.322 e. The summed E-state index contributed by atoms with van der Waals surface area (Å²) in [6.07, 6.45) is 2.34. The molecule has 0 radical (unpaired) electrons. The van der Waals surface area contributed by atoms with Crippen LogP contribution in [0.1, 0.15) is 27.2 Å². The van der Waals surface area contributed by atoms with Gasteiger partial charge in [-0.2, -0.15) is 0 Å². The van der Waals surface area contributed by atoms with E-state index < -0.39 is 9.84 Å². The predicted molar refractivity (Wildman–Crippen MR) is 87.7 cm³/mol. The van der Waals surface area contributed by atoms with E-state index in [1.807, 2.05) is 18.7 Å². The summed E-state index contributed by atoms with van der Waals surface area (Å²) in [6.45, 7) is 6.97. The maximum absolute atomic E-state index is 12.4. The largest absolute Gasteiger partial charge is 0.322 e. The van der Waals surface area contributed by atoms with Crippen LogP contribution in [0.3, 0.4) is 0 Å². The van der Waals surface area contributed by atoms with Crippen LogP contribution in [0, 0.1) is 11.8 Å². The minimum atomic E-state index is -3.21. The van der Waals surface area contributed by atoms with Gasteiger partial charge in [-0.05, 0) is 56.4 Å². The normalized spacial score (nSPS) is 20.8. The molecule has 2 atom stereocenters. The molecule has 1 N–H and O–H groups in total. The molecule has 1 aliphatic carbocycles. The van der Waals surface area contributed by atoms with E-state index in [4.69, 9.17) is 0 Å². The Labute approximate surface area is 132 Å². The predicted octanol–water partition coefficient (Wildman–Crippen LogP) is 2.99. The number of carbonyl (C=O) groups is 1.